The van der Waals surface area contributed by atoms with Crippen LogP contribution in [0.15, 0.2) is 60.0 Å². The number of benzene rings is 2. The molecule has 0 saturated heterocycles. The fraction of sp³-hybridized carbons (Fsp3) is 0.182. The van der Waals surface area contributed by atoms with E-state index in [9.17, 15) is 9.59 Å². The number of Topliss-reactive ketones (excluding diaryl/α,β-unsaturated/α-hetero) is 1. The molecule has 0 radical (unpaired) electrons. The van der Waals surface area contributed by atoms with Crippen LogP contribution in [-0.4, -0.2) is 33.2 Å². The van der Waals surface area contributed by atoms with Crippen molar-refractivity contribution in [2.45, 2.75) is 19.3 Å². The fourth-order valence-corrected chi connectivity index (χ4v) is 3.81. The van der Waals surface area contributed by atoms with Gasteiger partial charge in [-0.2, -0.15) is 0 Å². The summed E-state index contributed by atoms with van der Waals surface area (Å²) in [6.07, 6.45) is 1.72. The van der Waals surface area contributed by atoms with Gasteiger partial charge in [-0.25, -0.2) is 9.97 Å². The topological polar surface area (TPSA) is 87.7 Å². The molecule has 2 aromatic heterocycles. The van der Waals surface area contributed by atoms with Crippen molar-refractivity contribution in [3.8, 4) is 0 Å². The summed E-state index contributed by atoms with van der Waals surface area (Å²) in [5.74, 6) is 0.0849. The lowest BCUT2D eigenvalue weighted by Gasteiger charge is -2.01. The molecule has 0 aliphatic carbocycles. The van der Waals surface area contributed by atoms with E-state index in [1.807, 2.05) is 54.6 Å². The number of hydrogen-bond donors (Lipinski definition) is 2. The van der Waals surface area contributed by atoms with E-state index >= 15 is 0 Å². The van der Waals surface area contributed by atoms with Gasteiger partial charge in [0.25, 0.3) is 5.91 Å². The average Bonchev–Trinajstić information content (AvgIpc) is 3.40. The third-order valence-electron chi connectivity index (χ3n) is 4.55. The number of fused-ring (bicyclic) bond motifs is 1. The Morgan fingerprint density at radius 3 is 2.59 bits per heavy atom. The zero-order valence-corrected chi connectivity index (χ0v) is 16.5. The number of carbonyl (C=O) groups excluding carboxylic acids is 2. The first-order chi connectivity index (χ1) is 14.2. The van der Waals surface area contributed by atoms with E-state index in [0.717, 1.165) is 21.6 Å². The Labute approximate surface area is 172 Å². The Kier molecular flexibility index (Phi) is 5.76. The number of carbonyl (C=O) groups is 2. The summed E-state index contributed by atoms with van der Waals surface area (Å²) < 4.78 is 0. The molecule has 29 heavy (non-hydrogen) atoms. The Hall–Kier alpha value is -3.32. The lowest BCUT2D eigenvalue weighted by atomic mass is 10.1. The standard InChI is InChI=1S/C22H20N4O2S/c27-19(11-10-15-6-2-1-3-7-15)18-14-29-20(24-18)12-13-23-22(28)21-25-16-8-4-5-9-17(16)26-21/h1-9,14H,10-13H2,(H,23,28)(H,25,26). The normalized spacial score (nSPS) is 10.9. The van der Waals surface area contributed by atoms with Crippen LogP contribution in [0.5, 0.6) is 0 Å². The first kappa shape index (κ1) is 19.0. The summed E-state index contributed by atoms with van der Waals surface area (Å²) in [5, 5.41) is 5.47. The van der Waals surface area contributed by atoms with Crippen LogP contribution < -0.4 is 5.32 Å². The van der Waals surface area contributed by atoms with Crippen molar-refractivity contribution >= 4 is 34.1 Å². The molecule has 7 heteroatoms. The quantitative estimate of drug-likeness (QED) is 0.437. The molecule has 4 aromatic rings. The van der Waals surface area contributed by atoms with E-state index in [1.54, 1.807) is 5.38 Å². The van der Waals surface area contributed by atoms with Crippen LogP contribution in [-0.2, 0) is 12.8 Å². The molecule has 0 saturated carbocycles. The van der Waals surface area contributed by atoms with Crippen LogP contribution in [0.2, 0.25) is 0 Å². The van der Waals surface area contributed by atoms with Crippen molar-refractivity contribution in [2.75, 3.05) is 6.54 Å². The van der Waals surface area contributed by atoms with Crippen LogP contribution in [0.25, 0.3) is 11.0 Å². The minimum absolute atomic E-state index is 0.0441. The molecule has 6 nitrogen and oxygen atoms in total. The van der Waals surface area contributed by atoms with E-state index in [2.05, 4.69) is 20.3 Å². The largest absolute Gasteiger partial charge is 0.349 e. The summed E-state index contributed by atoms with van der Waals surface area (Å²) in [4.78, 5) is 36.3. The molecule has 0 aliphatic rings. The number of para-hydroxylation sites is 2. The minimum atomic E-state index is -0.253. The highest BCUT2D eigenvalue weighted by Crippen LogP contribution is 2.14. The highest BCUT2D eigenvalue weighted by atomic mass is 32.1. The molecule has 2 heterocycles. The predicted molar refractivity (Wildman–Crippen MR) is 113 cm³/mol. The summed E-state index contributed by atoms with van der Waals surface area (Å²) >= 11 is 1.44. The highest BCUT2D eigenvalue weighted by molar-refractivity contribution is 7.09. The molecule has 0 spiro atoms. The van der Waals surface area contributed by atoms with Crippen molar-refractivity contribution < 1.29 is 9.59 Å². The van der Waals surface area contributed by atoms with Gasteiger partial charge in [-0.3, -0.25) is 9.59 Å². The third kappa shape index (κ3) is 4.75. The molecule has 2 N–H and O–H groups in total. The number of imidazole rings is 1. The number of nitrogens with zero attached hydrogens (tertiary/aromatic N) is 2. The van der Waals surface area contributed by atoms with Crippen LogP contribution in [0.4, 0.5) is 0 Å². The predicted octanol–water partition coefficient (Wildman–Crippen LogP) is 3.81. The van der Waals surface area contributed by atoms with Gasteiger partial charge in [-0.05, 0) is 24.1 Å². The lowest BCUT2D eigenvalue weighted by Crippen LogP contribution is -2.26. The maximum atomic E-state index is 12.3. The number of aromatic amines is 1. The first-order valence-electron chi connectivity index (χ1n) is 9.43. The fourth-order valence-electron chi connectivity index (χ4n) is 3.01. The highest BCUT2D eigenvalue weighted by Gasteiger charge is 2.13. The zero-order chi connectivity index (χ0) is 20.1. The second-order valence-electron chi connectivity index (χ2n) is 6.64. The van der Waals surface area contributed by atoms with E-state index in [4.69, 9.17) is 0 Å². The molecule has 4 rings (SSSR count). The van der Waals surface area contributed by atoms with Crippen LogP contribution in [0, 0.1) is 0 Å². The van der Waals surface area contributed by atoms with Gasteiger partial charge in [-0.1, -0.05) is 42.5 Å². The number of nitrogens with one attached hydrogen (secondary N) is 2. The second-order valence-corrected chi connectivity index (χ2v) is 7.59. The van der Waals surface area contributed by atoms with Gasteiger partial charge in [0, 0.05) is 24.8 Å². The molecule has 0 unspecified atom stereocenters. The van der Waals surface area contributed by atoms with Gasteiger partial charge in [0.15, 0.2) is 11.6 Å². The summed E-state index contributed by atoms with van der Waals surface area (Å²) in [5.41, 5.74) is 3.24. The first-order valence-corrected chi connectivity index (χ1v) is 10.3. The molecule has 0 fully saturated rings. The van der Waals surface area contributed by atoms with Crippen LogP contribution in [0.1, 0.15) is 38.1 Å². The number of hydrogen-bond acceptors (Lipinski definition) is 5. The summed E-state index contributed by atoms with van der Waals surface area (Å²) in [7, 11) is 0. The van der Waals surface area contributed by atoms with Gasteiger partial charge in [0.2, 0.25) is 0 Å². The Bertz CT molecular complexity index is 1100. The van der Waals surface area contributed by atoms with E-state index in [-0.39, 0.29) is 11.7 Å². The molecule has 146 valence electrons. The van der Waals surface area contributed by atoms with Gasteiger partial charge in [0.05, 0.1) is 16.0 Å². The number of H-pyrrole nitrogens is 1. The van der Waals surface area contributed by atoms with Gasteiger partial charge >= 0.3 is 0 Å². The molecule has 0 atom stereocenters. The number of rotatable bonds is 8. The van der Waals surface area contributed by atoms with Crippen molar-refractivity contribution in [1.82, 2.24) is 20.3 Å². The SMILES string of the molecule is O=C(CCc1ccccc1)c1csc(CCNC(=O)c2nc3ccccc3[nH]2)n1. The summed E-state index contributed by atoms with van der Waals surface area (Å²) in [6, 6.07) is 17.5. The number of amides is 1. The molecule has 2 aromatic carbocycles. The van der Waals surface area contributed by atoms with E-state index in [1.165, 1.54) is 11.3 Å². The molecule has 1 amide bonds. The van der Waals surface area contributed by atoms with Crippen molar-refractivity contribution in [3.05, 3.63) is 82.1 Å². The maximum Gasteiger partial charge on any atom is 0.287 e. The summed E-state index contributed by atoms with van der Waals surface area (Å²) in [6.45, 7) is 0.432. The van der Waals surface area contributed by atoms with E-state index in [0.29, 0.717) is 37.3 Å². The van der Waals surface area contributed by atoms with Crippen LogP contribution >= 0.6 is 11.3 Å². The maximum absolute atomic E-state index is 12.3. The van der Waals surface area contributed by atoms with Crippen molar-refractivity contribution in [2.24, 2.45) is 0 Å². The number of aryl methyl sites for hydroxylation is 1. The van der Waals surface area contributed by atoms with Crippen molar-refractivity contribution in [3.63, 3.8) is 0 Å². The van der Waals surface area contributed by atoms with Gasteiger partial charge in [-0.15, -0.1) is 11.3 Å². The number of aromatic nitrogens is 3. The lowest BCUT2D eigenvalue weighted by molar-refractivity contribution is 0.0942. The second kappa shape index (κ2) is 8.79. The zero-order valence-electron chi connectivity index (χ0n) is 15.7. The average molecular weight is 404 g/mol. The molecular formula is C22H20N4O2S. The molecule has 0 bridgehead atoms. The Morgan fingerprint density at radius 2 is 1.76 bits per heavy atom. The van der Waals surface area contributed by atoms with Gasteiger partial charge < -0.3 is 10.3 Å². The number of ketones is 1. The van der Waals surface area contributed by atoms with E-state index < -0.39 is 0 Å². The van der Waals surface area contributed by atoms with Crippen molar-refractivity contribution in [1.29, 1.82) is 0 Å². The smallest absolute Gasteiger partial charge is 0.287 e. The monoisotopic (exact) mass is 404 g/mol. The molecular weight excluding hydrogens is 384 g/mol. The number of thiazole rings is 1. The Balaban J connectivity index is 1.26. The van der Waals surface area contributed by atoms with Gasteiger partial charge in [0.1, 0.15) is 5.69 Å². The molecule has 0 aliphatic heterocycles. The van der Waals surface area contributed by atoms with Crippen LogP contribution in [0.3, 0.4) is 0 Å². The Morgan fingerprint density at radius 1 is 0.966 bits per heavy atom. The minimum Gasteiger partial charge on any atom is -0.349 e. The third-order valence-corrected chi connectivity index (χ3v) is 5.46.